The van der Waals surface area contributed by atoms with Gasteiger partial charge >= 0.3 is 0 Å². The van der Waals surface area contributed by atoms with Crippen molar-refractivity contribution < 1.29 is 19.4 Å². The molecule has 276 valence electrons. The standard InChI is InChI=1S/C38H43ClN10O4/c1-37(2)35(38(3,4)36(37)53-25-10-9-23(19-40)27(39)17-25)45-34(52)24-20-43-31(44-21-24)11-12-42-32(51)22-48-13-15-49(16-14-48)29-18-28(46-47-33(29)41)26-7-5-6-8-30(26)50/h5-10,17-18,20-21,35-36,50H,11-16,22H2,1-4H3,(H2,41,47)(H,42,51)(H,45,52). The monoisotopic (exact) mass is 738 g/mol. The first-order valence-corrected chi connectivity index (χ1v) is 17.8. The van der Waals surface area contributed by atoms with Crippen LogP contribution < -0.4 is 26.0 Å². The Kier molecular flexibility index (Phi) is 10.7. The van der Waals surface area contributed by atoms with E-state index < -0.39 is 10.8 Å². The number of nitrogens with zero attached hydrogens (tertiary/aromatic N) is 7. The van der Waals surface area contributed by atoms with E-state index in [1.165, 1.54) is 12.4 Å². The van der Waals surface area contributed by atoms with E-state index in [0.717, 1.165) is 5.69 Å². The van der Waals surface area contributed by atoms with Crippen LogP contribution in [0.15, 0.2) is 60.9 Å². The summed E-state index contributed by atoms with van der Waals surface area (Å²) in [4.78, 5) is 38.9. The number of aromatic hydroxyl groups is 1. The van der Waals surface area contributed by atoms with Gasteiger partial charge in [0.05, 0.1) is 34.1 Å². The zero-order valence-electron chi connectivity index (χ0n) is 30.1. The van der Waals surface area contributed by atoms with Crippen molar-refractivity contribution in [1.29, 1.82) is 5.26 Å². The number of piperazine rings is 1. The van der Waals surface area contributed by atoms with E-state index in [2.05, 4.69) is 40.6 Å². The number of amides is 2. The Labute approximate surface area is 313 Å². The third-order valence-electron chi connectivity index (χ3n) is 10.1. The molecule has 2 fully saturated rings. The number of ether oxygens (including phenoxy) is 1. The summed E-state index contributed by atoms with van der Waals surface area (Å²) in [5, 5.41) is 34.1. The fourth-order valence-corrected chi connectivity index (χ4v) is 7.81. The number of hydrogen-bond acceptors (Lipinski definition) is 12. The normalized spacial score (nSPS) is 19.1. The van der Waals surface area contributed by atoms with Gasteiger partial charge in [0, 0.05) is 80.0 Å². The zero-order valence-corrected chi connectivity index (χ0v) is 30.9. The van der Waals surface area contributed by atoms with Crippen molar-refractivity contribution in [3.63, 3.8) is 0 Å². The molecule has 0 unspecified atom stereocenters. The number of nitrogens with one attached hydrogen (secondary N) is 2. The van der Waals surface area contributed by atoms with Crippen LogP contribution in [-0.4, -0.2) is 93.4 Å². The molecule has 2 aromatic heterocycles. The Morgan fingerprint density at radius 2 is 1.74 bits per heavy atom. The van der Waals surface area contributed by atoms with E-state index in [9.17, 15) is 14.7 Å². The predicted molar refractivity (Wildman–Crippen MR) is 200 cm³/mol. The van der Waals surface area contributed by atoms with E-state index >= 15 is 0 Å². The summed E-state index contributed by atoms with van der Waals surface area (Å²) in [5.74, 6) is 1.13. The van der Waals surface area contributed by atoms with Crippen LogP contribution in [0.25, 0.3) is 11.3 Å². The maximum Gasteiger partial charge on any atom is 0.254 e. The number of rotatable bonds is 11. The molecule has 6 rings (SSSR count). The van der Waals surface area contributed by atoms with Gasteiger partial charge in [0.15, 0.2) is 5.82 Å². The molecule has 1 aliphatic heterocycles. The zero-order chi connectivity index (χ0) is 37.9. The average molecular weight is 739 g/mol. The van der Waals surface area contributed by atoms with Gasteiger partial charge in [0.25, 0.3) is 5.91 Å². The fourth-order valence-electron chi connectivity index (χ4n) is 7.60. The summed E-state index contributed by atoms with van der Waals surface area (Å²) in [6.45, 7) is 11.4. The van der Waals surface area contributed by atoms with Crippen LogP contribution in [0, 0.1) is 22.2 Å². The molecule has 4 aromatic rings. The fraction of sp³-hybridized carbons (Fsp3) is 0.395. The molecule has 14 nitrogen and oxygen atoms in total. The molecule has 5 N–H and O–H groups in total. The number of phenolic OH excluding ortho intramolecular Hbond substituents is 1. The number of benzene rings is 2. The lowest BCUT2D eigenvalue weighted by Crippen LogP contribution is -2.74. The van der Waals surface area contributed by atoms with Gasteiger partial charge in [-0.05, 0) is 30.3 Å². The molecule has 0 spiro atoms. The summed E-state index contributed by atoms with van der Waals surface area (Å²) < 4.78 is 6.32. The average Bonchev–Trinajstić information content (AvgIpc) is 3.14. The lowest BCUT2D eigenvalue weighted by atomic mass is 9.49. The first-order valence-electron chi connectivity index (χ1n) is 17.4. The number of carbonyl (C=O) groups excluding carboxylic acids is 2. The number of halogens is 1. The van der Waals surface area contributed by atoms with Gasteiger partial charge < -0.3 is 31.1 Å². The number of anilines is 2. The summed E-state index contributed by atoms with van der Waals surface area (Å²) in [7, 11) is 0. The van der Waals surface area contributed by atoms with Crippen LogP contribution in [0.5, 0.6) is 11.5 Å². The van der Waals surface area contributed by atoms with Gasteiger partial charge in [-0.2, -0.15) is 5.26 Å². The van der Waals surface area contributed by atoms with E-state index in [0.29, 0.717) is 83.9 Å². The quantitative estimate of drug-likeness (QED) is 0.174. The number of nitrogen functional groups attached to an aromatic ring is 1. The van der Waals surface area contributed by atoms with Crippen molar-refractivity contribution in [2.45, 2.75) is 46.3 Å². The Bertz CT molecular complexity index is 2010. The lowest BCUT2D eigenvalue weighted by Gasteiger charge is -2.63. The number of aromatic nitrogens is 4. The highest BCUT2D eigenvalue weighted by atomic mass is 35.5. The van der Waals surface area contributed by atoms with Crippen LogP contribution >= 0.6 is 11.6 Å². The maximum atomic E-state index is 13.2. The highest BCUT2D eigenvalue weighted by Gasteiger charge is 2.64. The SMILES string of the molecule is CC1(C)C(NC(=O)c2cnc(CCNC(=O)CN3CCN(c4cc(-c5ccccc5O)nnc4N)CC3)nc2)C(C)(C)C1Oc1ccc(C#N)c(Cl)c1. The van der Waals surface area contributed by atoms with E-state index in [-0.39, 0.29) is 36.3 Å². The summed E-state index contributed by atoms with van der Waals surface area (Å²) >= 11 is 6.21. The summed E-state index contributed by atoms with van der Waals surface area (Å²) in [6, 6.07) is 15.6. The third kappa shape index (κ3) is 7.96. The lowest BCUT2D eigenvalue weighted by molar-refractivity contribution is -0.164. The van der Waals surface area contributed by atoms with Crippen molar-refractivity contribution in [2.24, 2.45) is 10.8 Å². The van der Waals surface area contributed by atoms with E-state index in [4.69, 9.17) is 27.3 Å². The van der Waals surface area contributed by atoms with Crippen molar-refractivity contribution in [2.75, 3.05) is 49.9 Å². The van der Waals surface area contributed by atoms with Crippen LogP contribution in [0.1, 0.15) is 49.4 Å². The van der Waals surface area contributed by atoms with Crippen LogP contribution in [0.4, 0.5) is 11.5 Å². The van der Waals surface area contributed by atoms with Gasteiger partial charge in [-0.1, -0.05) is 51.4 Å². The van der Waals surface area contributed by atoms with Crippen molar-refractivity contribution in [3.05, 3.63) is 82.9 Å². The topological polar surface area (TPSA) is 196 Å². The molecule has 1 saturated heterocycles. The number of phenols is 1. The second-order valence-corrected chi connectivity index (χ2v) is 15.0. The highest BCUT2D eigenvalue weighted by molar-refractivity contribution is 6.31. The Morgan fingerprint density at radius 1 is 1.04 bits per heavy atom. The van der Waals surface area contributed by atoms with Gasteiger partial charge in [0.2, 0.25) is 5.91 Å². The Balaban J connectivity index is 0.937. The van der Waals surface area contributed by atoms with Crippen molar-refractivity contribution in [1.82, 2.24) is 35.7 Å². The Morgan fingerprint density at radius 3 is 2.40 bits per heavy atom. The molecular formula is C38H43ClN10O4. The second-order valence-electron chi connectivity index (χ2n) is 14.6. The van der Waals surface area contributed by atoms with E-state index in [1.54, 1.807) is 36.4 Å². The van der Waals surface area contributed by atoms with Gasteiger partial charge in [-0.15, -0.1) is 10.2 Å². The number of carbonyl (C=O) groups is 2. The van der Waals surface area contributed by atoms with Crippen LogP contribution in [-0.2, 0) is 11.2 Å². The van der Waals surface area contributed by atoms with Crippen LogP contribution in [0.2, 0.25) is 5.02 Å². The predicted octanol–water partition coefficient (Wildman–Crippen LogP) is 3.84. The molecule has 0 radical (unpaired) electrons. The van der Waals surface area contributed by atoms with E-state index in [1.807, 2.05) is 45.9 Å². The van der Waals surface area contributed by atoms with Crippen LogP contribution in [0.3, 0.4) is 0 Å². The van der Waals surface area contributed by atoms with Crippen molar-refractivity contribution >= 4 is 34.9 Å². The number of hydrogen-bond donors (Lipinski definition) is 4. The molecule has 15 heteroatoms. The smallest absolute Gasteiger partial charge is 0.254 e. The summed E-state index contributed by atoms with van der Waals surface area (Å²) in [6.07, 6.45) is 3.19. The van der Waals surface area contributed by atoms with Gasteiger partial charge in [-0.25, -0.2) is 9.97 Å². The maximum absolute atomic E-state index is 13.2. The second kappa shape index (κ2) is 15.2. The summed E-state index contributed by atoms with van der Waals surface area (Å²) in [5.41, 5.74) is 7.92. The minimum atomic E-state index is -0.407. The molecule has 0 bridgehead atoms. The minimum absolute atomic E-state index is 0.100. The number of para-hydroxylation sites is 1. The molecule has 2 amide bonds. The van der Waals surface area contributed by atoms with Crippen molar-refractivity contribution in [3.8, 4) is 28.8 Å². The van der Waals surface area contributed by atoms with Gasteiger partial charge in [0.1, 0.15) is 29.5 Å². The molecule has 1 aliphatic carbocycles. The molecule has 3 heterocycles. The molecule has 0 atom stereocenters. The first-order chi connectivity index (χ1) is 25.3. The highest BCUT2D eigenvalue weighted by Crippen LogP contribution is 2.55. The molecular weight excluding hydrogens is 696 g/mol. The number of nitrogens with two attached hydrogens (primary N) is 1. The minimum Gasteiger partial charge on any atom is -0.507 e. The Hall–Kier alpha value is -5.52. The molecule has 53 heavy (non-hydrogen) atoms. The molecule has 2 aromatic carbocycles. The first kappa shape index (κ1) is 37.2. The van der Waals surface area contributed by atoms with Gasteiger partial charge in [-0.3, -0.25) is 14.5 Å². The largest absolute Gasteiger partial charge is 0.507 e. The molecule has 1 saturated carbocycles. The third-order valence-corrected chi connectivity index (χ3v) is 10.4. The number of nitriles is 1. The molecule has 2 aliphatic rings.